The van der Waals surface area contributed by atoms with Gasteiger partial charge in [-0.3, -0.25) is 14.2 Å². The van der Waals surface area contributed by atoms with E-state index in [1.165, 1.54) is 17.1 Å². The zero-order valence-electron chi connectivity index (χ0n) is 8.73. The van der Waals surface area contributed by atoms with Crippen molar-refractivity contribution >= 4 is 21.9 Å². The number of carboxylic acids is 1. The Labute approximate surface area is 101 Å². The minimum absolute atomic E-state index is 0.103. The minimum Gasteiger partial charge on any atom is -0.481 e. The van der Waals surface area contributed by atoms with E-state index in [-0.39, 0.29) is 12.0 Å². The fourth-order valence-corrected chi connectivity index (χ4v) is 1.66. The zero-order valence-corrected chi connectivity index (χ0v) is 10.3. The summed E-state index contributed by atoms with van der Waals surface area (Å²) in [4.78, 5) is 25.7. The van der Waals surface area contributed by atoms with Crippen LogP contribution in [0.25, 0.3) is 0 Å². The van der Waals surface area contributed by atoms with Crippen molar-refractivity contribution in [2.24, 2.45) is 0 Å². The van der Waals surface area contributed by atoms with Gasteiger partial charge in [0.05, 0.1) is 6.33 Å². The predicted octanol–water partition coefficient (Wildman–Crippen LogP) is 1.65. The first-order valence-electron chi connectivity index (χ1n) is 5.03. The molecule has 88 valence electrons. The molecule has 0 aromatic carbocycles. The van der Waals surface area contributed by atoms with E-state index in [4.69, 9.17) is 5.11 Å². The molecule has 0 atom stereocenters. The zero-order chi connectivity index (χ0) is 12.0. The van der Waals surface area contributed by atoms with Crippen LogP contribution in [-0.2, 0) is 11.3 Å². The van der Waals surface area contributed by atoms with Crippen molar-refractivity contribution in [1.29, 1.82) is 0 Å². The van der Waals surface area contributed by atoms with Gasteiger partial charge in [-0.25, -0.2) is 4.98 Å². The predicted molar refractivity (Wildman–Crippen MR) is 62.3 cm³/mol. The second-order valence-electron chi connectivity index (χ2n) is 3.44. The number of rotatable bonds is 6. The molecule has 1 aromatic heterocycles. The Bertz CT molecular complexity index is 417. The molecule has 0 aliphatic rings. The summed E-state index contributed by atoms with van der Waals surface area (Å²) in [5.74, 6) is -0.777. The molecular formula is C10H13BrN2O3. The van der Waals surface area contributed by atoms with Crippen LogP contribution in [0.5, 0.6) is 0 Å². The Hall–Kier alpha value is -1.17. The van der Waals surface area contributed by atoms with Gasteiger partial charge < -0.3 is 5.11 Å². The highest BCUT2D eigenvalue weighted by atomic mass is 79.9. The number of halogens is 1. The molecule has 0 bridgehead atoms. The maximum absolute atomic E-state index is 11.5. The van der Waals surface area contributed by atoms with Crippen LogP contribution in [0.4, 0.5) is 0 Å². The Morgan fingerprint density at radius 2 is 2.19 bits per heavy atom. The van der Waals surface area contributed by atoms with Gasteiger partial charge >= 0.3 is 5.97 Å². The maximum Gasteiger partial charge on any atom is 0.303 e. The number of hydrogen-bond acceptors (Lipinski definition) is 3. The second-order valence-corrected chi connectivity index (χ2v) is 4.30. The van der Waals surface area contributed by atoms with E-state index in [9.17, 15) is 9.59 Å². The van der Waals surface area contributed by atoms with E-state index in [0.717, 1.165) is 12.8 Å². The molecule has 5 nitrogen and oxygen atoms in total. The van der Waals surface area contributed by atoms with E-state index < -0.39 is 5.97 Å². The van der Waals surface area contributed by atoms with E-state index in [2.05, 4.69) is 20.9 Å². The molecule has 0 spiro atoms. The number of nitrogens with zero attached hydrogens (tertiary/aromatic N) is 2. The normalized spacial score (nSPS) is 10.3. The van der Waals surface area contributed by atoms with Crippen molar-refractivity contribution in [3.8, 4) is 0 Å². The third kappa shape index (κ3) is 4.14. The lowest BCUT2D eigenvalue weighted by Gasteiger charge is -2.04. The van der Waals surface area contributed by atoms with Gasteiger partial charge in [0.2, 0.25) is 0 Å². The van der Waals surface area contributed by atoms with Crippen molar-refractivity contribution in [3.05, 3.63) is 27.4 Å². The SMILES string of the molecule is O=C(O)CCCCCn1cncc(Br)c1=O. The number of hydrogen-bond donors (Lipinski definition) is 1. The van der Waals surface area contributed by atoms with Gasteiger partial charge in [-0.15, -0.1) is 0 Å². The molecule has 1 aromatic rings. The van der Waals surface area contributed by atoms with Gasteiger partial charge in [0.25, 0.3) is 5.56 Å². The summed E-state index contributed by atoms with van der Waals surface area (Å²) in [6, 6.07) is 0. The van der Waals surface area contributed by atoms with Gasteiger partial charge in [0, 0.05) is 19.2 Å². The molecule has 16 heavy (non-hydrogen) atoms. The lowest BCUT2D eigenvalue weighted by Crippen LogP contribution is -2.20. The van der Waals surface area contributed by atoms with Crippen LogP contribution >= 0.6 is 15.9 Å². The van der Waals surface area contributed by atoms with Crippen LogP contribution in [-0.4, -0.2) is 20.6 Å². The monoisotopic (exact) mass is 288 g/mol. The summed E-state index contributed by atoms with van der Waals surface area (Å²) in [6.07, 6.45) is 5.36. The first-order valence-corrected chi connectivity index (χ1v) is 5.82. The third-order valence-electron chi connectivity index (χ3n) is 2.15. The molecule has 0 unspecified atom stereocenters. The van der Waals surface area contributed by atoms with Gasteiger partial charge in [-0.1, -0.05) is 6.42 Å². The van der Waals surface area contributed by atoms with Crippen LogP contribution in [0.2, 0.25) is 0 Å². The van der Waals surface area contributed by atoms with Crippen LogP contribution in [0, 0.1) is 0 Å². The van der Waals surface area contributed by atoms with E-state index in [1.807, 2.05) is 0 Å². The number of aryl methyl sites for hydroxylation is 1. The number of carboxylic acid groups (broad SMARTS) is 1. The highest BCUT2D eigenvalue weighted by molar-refractivity contribution is 9.10. The number of unbranched alkanes of at least 4 members (excludes halogenated alkanes) is 2. The Kier molecular flexibility index (Phi) is 5.18. The van der Waals surface area contributed by atoms with E-state index in [1.54, 1.807) is 0 Å². The van der Waals surface area contributed by atoms with Crippen molar-refractivity contribution in [2.75, 3.05) is 0 Å². The summed E-state index contributed by atoms with van der Waals surface area (Å²) in [5, 5.41) is 8.44. The second kappa shape index (κ2) is 6.42. The molecule has 0 aliphatic heterocycles. The summed E-state index contributed by atoms with van der Waals surface area (Å²) in [7, 11) is 0. The Morgan fingerprint density at radius 1 is 1.44 bits per heavy atom. The molecular weight excluding hydrogens is 276 g/mol. The van der Waals surface area contributed by atoms with Crippen LogP contribution in [0.1, 0.15) is 25.7 Å². The third-order valence-corrected chi connectivity index (χ3v) is 2.69. The van der Waals surface area contributed by atoms with E-state index >= 15 is 0 Å². The molecule has 0 amide bonds. The molecule has 1 N–H and O–H groups in total. The lowest BCUT2D eigenvalue weighted by atomic mass is 10.2. The molecule has 0 fully saturated rings. The largest absolute Gasteiger partial charge is 0.481 e. The fraction of sp³-hybridized carbons (Fsp3) is 0.500. The Balaban J connectivity index is 2.35. The number of aliphatic carboxylic acids is 1. The topological polar surface area (TPSA) is 72.2 Å². The van der Waals surface area contributed by atoms with E-state index in [0.29, 0.717) is 17.4 Å². The summed E-state index contributed by atoms with van der Waals surface area (Å²) >= 11 is 3.11. The van der Waals surface area contributed by atoms with Crippen molar-refractivity contribution in [3.63, 3.8) is 0 Å². The van der Waals surface area contributed by atoms with Gasteiger partial charge in [0.1, 0.15) is 4.47 Å². The molecule has 1 rings (SSSR count). The summed E-state index contributed by atoms with van der Waals surface area (Å²) < 4.78 is 1.96. The van der Waals surface area contributed by atoms with Crippen molar-refractivity contribution < 1.29 is 9.90 Å². The van der Waals surface area contributed by atoms with Crippen molar-refractivity contribution in [1.82, 2.24) is 9.55 Å². The summed E-state index contributed by atoms with van der Waals surface area (Å²) in [6.45, 7) is 0.574. The van der Waals surface area contributed by atoms with Gasteiger partial charge in [0.15, 0.2) is 0 Å². The van der Waals surface area contributed by atoms with Gasteiger partial charge in [-0.2, -0.15) is 0 Å². The molecule has 0 aliphatic carbocycles. The number of carbonyl (C=O) groups is 1. The molecule has 0 saturated heterocycles. The standard InChI is InChI=1S/C10H13BrN2O3/c11-8-6-12-7-13(10(8)16)5-3-1-2-4-9(14)15/h6-7H,1-5H2,(H,14,15). The summed E-state index contributed by atoms with van der Waals surface area (Å²) in [5.41, 5.74) is -0.103. The average Bonchev–Trinajstić information content (AvgIpc) is 2.23. The highest BCUT2D eigenvalue weighted by Gasteiger charge is 2.01. The fourth-order valence-electron chi connectivity index (χ4n) is 1.32. The van der Waals surface area contributed by atoms with Crippen molar-refractivity contribution in [2.45, 2.75) is 32.2 Å². The van der Waals surface area contributed by atoms with Gasteiger partial charge in [-0.05, 0) is 28.8 Å². The Morgan fingerprint density at radius 3 is 2.88 bits per heavy atom. The first kappa shape index (κ1) is 12.9. The first-order chi connectivity index (χ1) is 7.61. The average molecular weight is 289 g/mol. The van der Waals surface area contributed by atoms with Crippen LogP contribution < -0.4 is 5.56 Å². The molecule has 0 radical (unpaired) electrons. The lowest BCUT2D eigenvalue weighted by molar-refractivity contribution is -0.137. The quantitative estimate of drug-likeness (QED) is 0.808. The highest BCUT2D eigenvalue weighted by Crippen LogP contribution is 2.03. The van der Waals surface area contributed by atoms with Crippen LogP contribution in [0.15, 0.2) is 21.8 Å². The van der Waals surface area contributed by atoms with Crippen LogP contribution in [0.3, 0.4) is 0 Å². The smallest absolute Gasteiger partial charge is 0.303 e. The molecule has 1 heterocycles. The number of aromatic nitrogens is 2. The molecule has 6 heteroatoms. The molecule has 0 saturated carbocycles. The minimum atomic E-state index is -0.777. The maximum atomic E-state index is 11.5.